The Kier molecular flexibility index (Phi) is 2.92. The largest absolute Gasteiger partial charge is 0.492 e. The van der Waals surface area contributed by atoms with E-state index in [1.807, 2.05) is 42.5 Å². The minimum atomic E-state index is 0.0150. The average molecular weight is 303 g/mol. The van der Waals surface area contributed by atoms with Gasteiger partial charge in [0.15, 0.2) is 5.78 Å². The molecule has 0 N–H and O–H groups in total. The lowest BCUT2D eigenvalue weighted by atomic mass is 10.00. The first-order valence-electron chi connectivity index (χ1n) is 5.80. The van der Waals surface area contributed by atoms with E-state index in [2.05, 4.69) is 15.9 Å². The maximum Gasteiger partial charge on any atom is 0.196 e. The average Bonchev–Trinajstić information content (AvgIpc) is 2.87. The van der Waals surface area contributed by atoms with Crippen molar-refractivity contribution in [1.29, 1.82) is 0 Å². The summed E-state index contributed by atoms with van der Waals surface area (Å²) >= 11 is 3.36. The first-order valence-corrected chi connectivity index (χ1v) is 6.60. The van der Waals surface area contributed by atoms with E-state index in [1.165, 1.54) is 0 Å². The highest BCUT2D eigenvalue weighted by atomic mass is 79.9. The molecule has 0 spiro atoms. The van der Waals surface area contributed by atoms with Crippen LogP contribution < -0.4 is 4.74 Å². The Morgan fingerprint density at radius 2 is 1.89 bits per heavy atom. The fourth-order valence-corrected chi connectivity index (χ4v) is 2.42. The minimum Gasteiger partial charge on any atom is -0.492 e. The second-order valence-electron chi connectivity index (χ2n) is 4.23. The molecular formula is C15H11BrO2. The van der Waals surface area contributed by atoms with Crippen molar-refractivity contribution in [3.63, 3.8) is 0 Å². The second-order valence-corrected chi connectivity index (χ2v) is 5.14. The van der Waals surface area contributed by atoms with Crippen molar-refractivity contribution in [3.05, 3.63) is 63.6 Å². The monoisotopic (exact) mass is 302 g/mol. The van der Waals surface area contributed by atoms with Crippen LogP contribution in [-0.2, 0) is 6.42 Å². The highest BCUT2D eigenvalue weighted by Crippen LogP contribution is 2.31. The number of hydrogen-bond acceptors (Lipinski definition) is 2. The van der Waals surface area contributed by atoms with Gasteiger partial charge in [-0.3, -0.25) is 4.79 Å². The van der Waals surface area contributed by atoms with Crippen LogP contribution >= 0.6 is 15.9 Å². The van der Waals surface area contributed by atoms with Crippen LogP contribution in [0.15, 0.2) is 46.9 Å². The van der Waals surface area contributed by atoms with Gasteiger partial charge in [0.25, 0.3) is 0 Å². The number of ketones is 1. The van der Waals surface area contributed by atoms with E-state index in [9.17, 15) is 4.79 Å². The molecule has 0 radical (unpaired) electrons. The van der Waals surface area contributed by atoms with Gasteiger partial charge in [0.1, 0.15) is 5.75 Å². The number of para-hydroxylation sites is 1. The molecule has 0 atom stereocenters. The van der Waals surface area contributed by atoms with E-state index < -0.39 is 0 Å². The zero-order chi connectivity index (χ0) is 12.5. The molecule has 2 aromatic carbocycles. The summed E-state index contributed by atoms with van der Waals surface area (Å²) in [6, 6.07) is 13.1. The summed E-state index contributed by atoms with van der Waals surface area (Å²) in [4.78, 5) is 12.4. The molecule has 2 aromatic rings. The quantitative estimate of drug-likeness (QED) is 0.792. The van der Waals surface area contributed by atoms with Crippen molar-refractivity contribution >= 4 is 21.7 Å². The number of fused-ring (bicyclic) bond motifs is 1. The molecule has 0 fully saturated rings. The molecule has 90 valence electrons. The molecule has 0 aromatic heterocycles. The van der Waals surface area contributed by atoms with Gasteiger partial charge in [0.2, 0.25) is 0 Å². The number of ether oxygens (including phenoxy) is 1. The van der Waals surface area contributed by atoms with Gasteiger partial charge in [0.05, 0.1) is 12.2 Å². The van der Waals surface area contributed by atoms with Gasteiger partial charge in [-0.25, -0.2) is 0 Å². The molecular weight excluding hydrogens is 292 g/mol. The van der Waals surface area contributed by atoms with Crippen molar-refractivity contribution in [2.75, 3.05) is 6.61 Å². The van der Waals surface area contributed by atoms with Crippen LogP contribution in [0.25, 0.3) is 0 Å². The fraction of sp³-hybridized carbons (Fsp3) is 0.133. The Morgan fingerprint density at radius 3 is 2.67 bits per heavy atom. The van der Waals surface area contributed by atoms with Crippen molar-refractivity contribution in [2.24, 2.45) is 0 Å². The van der Waals surface area contributed by atoms with Crippen molar-refractivity contribution in [1.82, 2.24) is 0 Å². The number of hydrogen-bond donors (Lipinski definition) is 0. The van der Waals surface area contributed by atoms with Gasteiger partial charge in [-0.05, 0) is 35.9 Å². The standard InChI is InChI=1S/C15H11BrO2/c16-12-6-4-10(5-7-12)14(17)13-3-1-2-11-8-9-18-15(11)13/h1-7H,8-9H2. The Bertz CT molecular complexity index is 602. The van der Waals surface area contributed by atoms with Gasteiger partial charge >= 0.3 is 0 Å². The fourth-order valence-electron chi connectivity index (χ4n) is 2.15. The lowest BCUT2D eigenvalue weighted by Crippen LogP contribution is -2.03. The molecule has 3 rings (SSSR count). The van der Waals surface area contributed by atoms with Gasteiger partial charge in [-0.15, -0.1) is 0 Å². The van der Waals surface area contributed by atoms with Crippen LogP contribution in [0.2, 0.25) is 0 Å². The number of carbonyl (C=O) groups is 1. The molecule has 0 saturated heterocycles. The van der Waals surface area contributed by atoms with Crippen molar-refractivity contribution in [2.45, 2.75) is 6.42 Å². The van der Waals surface area contributed by atoms with E-state index in [1.54, 1.807) is 0 Å². The molecule has 1 aliphatic rings. The van der Waals surface area contributed by atoms with E-state index in [4.69, 9.17) is 4.74 Å². The van der Waals surface area contributed by atoms with E-state index in [0.717, 1.165) is 22.2 Å². The molecule has 0 unspecified atom stereocenters. The van der Waals surface area contributed by atoms with Crippen LogP contribution in [0.3, 0.4) is 0 Å². The Labute approximate surface area is 114 Å². The van der Waals surface area contributed by atoms with E-state index in [0.29, 0.717) is 17.7 Å². The zero-order valence-corrected chi connectivity index (χ0v) is 11.2. The molecule has 3 heteroatoms. The third-order valence-corrected chi connectivity index (χ3v) is 3.59. The summed E-state index contributed by atoms with van der Waals surface area (Å²) in [5.41, 5.74) is 2.47. The lowest BCUT2D eigenvalue weighted by molar-refractivity contribution is 0.103. The lowest BCUT2D eigenvalue weighted by Gasteiger charge is -2.07. The number of rotatable bonds is 2. The van der Waals surface area contributed by atoms with E-state index >= 15 is 0 Å². The maximum absolute atomic E-state index is 12.4. The third kappa shape index (κ3) is 1.95. The number of halogens is 1. The first kappa shape index (κ1) is 11.5. The summed E-state index contributed by atoms with van der Waals surface area (Å²) in [5, 5.41) is 0. The Morgan fingerprint density at radius 1 is 1.11 bits per heavy atom. The molecule has 0 bridgehead atoms. The maximum atomic E-state index is 12.4. The summed E-state index contributed by atoms with van der Waals surface area (Å²) in [6.45, 7) is 0.667. The molecule has 0 amide bonds. The predicted octanol–water partition coefficient (Wildman–Crippen LogP) is 3.62. The smallest absolute Gasteiger partial charge is 0.196 e. The van der Waals surface area contributed by atoms with Crippen LogP contribution in [0.1, 0.15) is 21.5 Å². The molecule has 1 aliphatic heterocycles. The first-order chi connectivity index (χ1) is 8.75. The highest BCUT2D eigenvalue weighted by molar-refractivity contribution is 9.10. The summed E-state index contributed by atoms with van der Waals surface area (Å²) in [5.74, 6) is 0.770. The second kappa shape index (κ2) is 4.58. The summed E-state index contributed by atoms with van der Waals surface area (Å²) in [6.07, 6.45) is 0.886. The molecule has 0 saturated carbocycles. The normalized spacial score (nSPS) is 12.9. The molecule has 18 heavy (non-hydrogen) atoms. The number of benzene rings is 2. The topological polar surface area (TPSA) is 26.3 Å². The highest BCUT2D eigenvalue weighted by Gasteiger charge is 2.21. The minimum absolute atomic E-state index is 0.0150. The summed E-state index contributed by atoms with van der Waals surface area (Å²) < 4.78 is 6.53. The van der Waals surface area contributed by atoms with Crippen LogP contribution in [0.4, 0.5) is 0 Å². The predicted molar refractivity (Wildman–Crippen MR) is 73.2 cm³/mol. The Hall–Kier alpha value is -1.61. The zero-order valence-electron chi connectivity index (χ0n) is 9.65. The SMILES string of the molecule is O=C(c1ccc(Br)cc1)c1cccc2c1OCC2. The Balaban J connectivity index is 2.03. The van der Waals surface area contributed by atoms with Crippen molar-refractivity contribution < 1.29 is 9.53 Å². The summed E-state index contributed by atoms with van der Waals surface area (Å²) in [7, 11) is 0. The van der Waals surface area contributed by atoms with Crippen molar-refractivity contribution in [3.8, 4) is 5.75 Å². The van der Waals surface area contributed by atoms with Crippen LogP contribution in [-0.4, -0.2) is 12.4 Å². The molecule has 2 nitrogen and oxygen atoms in total. The van der Waals surface area contributed by atoms with Gasteiger partial charge in [0, 0.05) is 16.5 Å². The van der Waals surface area contributed by atoms with Crippen LogP contribution in [0.5, 0.6) is 5.75 Å². The van der Waals surface area contributed by atoms with Gasteiger partial charge < -0.3 is 4.74 Å². The van der Waals surface area contributed by atoms with E-state index in [-0.39, 0.29) is 5.78 Å². The van der Waals surface area contributed by atoms with Gasteiger partial charge in [-0.2, -0.15) is 0 Å². The molecule has 0 aliphatic carbocycles. The molecule has 1 heterocycles. The number of carbonyl (C=O) groups excluding carboxylic acids is 1. The van der Waals surface area contributed by atoms with Crippen LogP contribution in [0, 0.1) is 0 Å². The van der Waals surface area contributed by atoms with Gasteiger partial charge in [-0.1, -0.05) is 28.1 Å². The third-order valence-electron chi connectivity index (χ3n) is 3.07.